The summed E-state index contributed by atoms with van der Waals surface area (Å²) in [7, 11) is 3.15. The van der Waals surface area contributed by atoms with Crippen molar-refractivity contribution in [2.75, 3.05) is 27.2 Å². The topological polar surface area (TPSA) is 49.9 Å². The van der Waals surface area contributed by atoms with Crippen molar-refractivity contribution in [2.24, 2.45) is 0 Å². The van der Waals surface area contributed by atoms with E-state index in [-0.39, 0.29) is 24.5 Å². The van der Waals surface area contributed by atoms with Crippen LogP contribution < -0.4 is 0 Å². The first kappa shape index (κ1) is 16.8. The Labute approximate surface area is 135 Å². The van der Waals surface area contributed by atoms with Crippen molar-refractivity contribution in [1.29, 1.82) is 0 Å². The number of halogens is 1. The van der Waals surface area contributed by atoms with Crippen LogP contribution >= 0.6 is 11.6 Å². The highest BCUT2D eigenvalue weighted by Crippen LogP contribution is 2.18. The molecule has 1 aliphatic rings. The van der Waals surface area contributed by atoms with E-state index in [4.69, 9.17) is 16.3 Å². The molecule has 1 amide bonds. The quantitative estimate of drug-likeness (QED) is 0.777. The second kappa shape index (κ2) is 7.61. The van der Waals surface area contributed by atoms with E-state index in [0.717, 1.165) is 24.9 Å². The molecule has 0 N–H and O–H groups in total. The minimum absolute atomic E-state index is 0.00856. The Balaban J connectivity index is 1.90. The molecule has 120 valence electrons. The first-order chi connectivity index (χ1) is 10.5. The molecule has 0 spiro atoms. The van der Waals surface area contributed by atoms with Gasteiger partial charge in [0.1, 0.15) is 6.04 Å². The summed E-state index contributed by atoms with van der Waals surface area (Å²) < 4.78 is 4.80. The Bertz CT molecular complexity index is 533. The van der Waals surface area contributed by atoms with Gasteiger partial charge in [-0.3, -0.25) is 14.5 Å². The maximum Gasteiger partial charge on any atom is 0.323 e. The molecule has 0 bridgehead atoms. The van der Waals surface area contributed by atoms with Crippen LogP contribution in [-0.2, 0) is 20.9 Å². The van der Waals surface area contributed by atoms with Gasteiger partial charge in [-0.25, -0.2) is 0 Å². The van der Waals surface area contributed by atoms with Crippen molar-refractivity contribution in [3.05, 3.63) is 34.9 Å². The van der Waals surface area contributed by atoms with Crippen LogP contribution in [0.25, 0.3) is 0 Å². The largest absolute Gasteiger partial charge is 0.468 e. The number of likely N-dealkylation sites (N-methyl/N-ethyl adjacent to an activating group) is 1. The van der Waals surface area contributed by atoms with Crippen LogP contribution in [0, 0.1) is 0 Å². The number of carbonyl (C=O) groups excluding carboxylic acids is 2. The molecule has 2 rings (SSSR count). The normalized spacial score (nSPS) is 18.2. The number of hydrogen-bond acceptors (Lipinski definition) is 4. The van der Waals surface area contributed by atoms with E-state index >= 15 is 0 Å². The van der Waals surface area contributed by atoms with E-state index in [1.807, 2.05) is 29.2 Å². The van der Waals surface area contributed by atoms with Gasteiger partial charge in [-0.05, 0) is 37.1 Å². The zero-order valence-corrected chi connectivity index (χ0v) is 13.7. The van der Waals surface area contributed by atoms with Crippen molar-refractivity contribution in [3.63, 3.8) is 0 Å². The minimum Gasteiger partial charge on any atom is -0.468 e. The van der Waals surface area contributed by atoms with E-state index in [1.54, 1.807) is 11.9 Å². The van der Waals surface area contributed by atoms with Crippen LogP contribution in [0.2, 0.25) is 5.02 Å². The number of ether oxygens (including phenoxy) is 1. The van der Waals surface area contributed by atoms with Gasteiger partial charge in [0.15, 0.2) is 0 Å². The third-order valence-corrected chi connectivity index (χ3v) is 4.19. The van der Waals surface area contributed by atoms with Crippen LogP contribution in [0.15, 0.2) is 24.3 Å². The van der Waals surface area contributed by atoms with Crippen molar-refractivity contribution >= 4 is 23.5 Å². The number of likely N-dealkylation sites (tertiary alicyclic amines) is 1. The molecule has 1 aliphatic heterocycles. The van der Waals surface area contributed by atoms with Crippen LogP contribution in [0.3, 0.4) is 0 Å². The number of nitrogens with zero attached hydrogens (tertiary/aromatic N) is 2. The molecule has 6 heteroatoms. The highest BCUT2D eigenvalue weighted by molar-refractivity contribution is 6.30. The number of hydrogen-bond donors (Lipinski definition) is 0. The van der Waals surface area contributed by atoms with Crippen LogP contribution in [0.5, 0.6) is 0 Å². The summed E-state index contributed by atoms with van der Waals surface area (Å²) in [5, 5.41) is 0.677. The van der Waals surface area contributed by atoms with Gasteiger partial charge in [-0.2, -0.15) is 0 Å². The van der Waals surface area contributed by atoms with Crippen molar-refractivity contribution < 1.29 is 14.3 Å². The lowest BCUT2D eigenvalue weighted by atomic mass is 10.2. The molecular formula is C16H21ClN2O3. The average molecular weight is 325 g/mol. The summed E-state index contributed by atoms with van der Waals surface area (Å²) in [6.45, 7) is 1.51. The summed E-state index contributed by atoms with van der Waals surface area (Å²) in [6.07, 6.45) is 1.66. The first-order valence-electron chi connectivity index (χ1n) is 7.31. The summed E-state index contributed by atoms with van der Waals surface area (Å²) in [4.78, 5) is 27.6. The van der Waals surface area contributed by atoms with Crippen molar-refractivity contribution in [2.45, 2.75) is 25.4 Å². The lowest BCUT2D eigenvalue weighted by Crippen LogP contribution is -2.43. The highest BCUT2D eigenvalue weighted by Gasteiger charge is 2.33. The molecule has 1 atom stereocenters. The van der Waals surface area contributed by atoms with Gasteiger partial charge in [0.05, 0.1) is 13.7 Å². The van der Waals surface area contributed by atoms with Gasteiger partial charge >= 0.3 is 5.97 Å². The second-order valence-electron chi connectivity index (χ2n) is 5.53. The lowest BCUT2D eigenvalue weighted by molar-refractivity contribution is -0.146. The fourth-order valence-electron chi connectivity index (χ4n) is 2.66. The molecule has 1 aromatic rings. The SMILES string of the molecule is COC(=O)[C@@H]1CCCN1CC(=O)N(C)Cc1ccc(Cl)cc1. The molecule has 0 radical (unpaired) electrons. The second-order valence-corrected chi connectivity index (χ2v) is 5.96. The van der Waals surface area contributed by atoms with Gasteiger partial charge < -0.3 is 9.64 Å². The summed E-state index contributed by atoms with van der Waals surface area (Å²) in [5.41, 5.74) is 1.02. The van der Waals surface area contributed by atoms with Gasteiger partial charge in [0.25, 0.3) is 0 Å². The highest BCUT2D eigenvalue weighted by atomic mass is 35.5. The Morgan fingerprint density at radius 2 is 2.05 bits per heavy atom. The maximum atomic E-state index is 12.3. The van der Waals surface area contributed by atoms with E-state index in [2.05, 4.69) is 0 Å². The summed E-state index contributed by atoms with van der Waals surface area (Å²) in [6, 6.07) is 7.13. The fourth-order valence-corrected chi connectivity index (χ4v) is 2.79. The van der Waals surface area contributed by atoms with E-state index < -0.39 is 0 Å². The molecule has 1 aromatic carbocycles. The first-order valence-corrected chi connectivity index (χ1v) is 7.69. The zero-order valence-electron chi connectivity index (χ0n) is 12.9. The standard InChI is InChI=1S/C16H21ClN2O3/c1-18(10-12-5-7-13(17)8-6-12)15(20)11-19-9-3-4-14(19)16(21)22-2/h5-8,14H,3-4,9-11H2,1-2H3/t14-/m0/s1. The Kier molecular flexibility index (Phi) is 5.80. The molecule has 0 aliphatic carbocycles. The van der Waals surface area contributed by atoms with Crippen LogP contribution in [0.4, 0.5) is 0 Å². The Hall–Kier alpha value is -1.59. The number of rotatable bonds is 5. The summed E-state index contributed by atoms with van der Waals surface area (Å²) >= 11 is 5.85. The fraction of sp³-hybridized carbons (Fsp3) is 0.500. The molecule has 22 heavy (non-hydrogen) atoms. The molecule has 0 unspecified atom stereocenters. The minimum atomic E-state index is -0.294. The number of carbonyl (C=O) groups is 2. The average Bonchev–Trinajstić information content (AvgIpc) is 2.96. The monoisotopic (exact) mass is 324 g/mol. The molecule has 1 heterocycles. The van der Waals surface area contributed by atoms with Crippen molar-refractivity contribution in [3.8, 4) is 0 Å². The summed E-state index contributed by atoms with van der Waals surface area (Å²) in [5.74, 6) is -0.267. The van der Waals surface area contributed by atoms with Gasteiger partial charge in [0, 0.05) is 18.6 Å². The van der Waals surface area contributed by atoms with Gasteiger partial charge in [-0.15, -0.1) is 0 Å². The number of esters is 1. The lowest BCUT2D eigenvalue weighted by Gasteiger charge is -2.25. The van der Waals surface area contributed by atoms with E-state index in [0.29, 0.717) is 11.6 Å². The van der Waals surface area contributed by atoms with E-state index in [1.165, 1.54) is 7.11 Å². The van der Waals surface area contributed by atoms with Crippen molar-refractivity contribution in [1.82, 2.24) is 9.80 Å². The number of methoxy groups -OCH3 is 1. The molecule has 1 saturated heterocycles. The zero-order chi connectivity index (χ0) is 16.1. The molecule has 1 fully saturated rings. The van der Waals surface area contributed by atoms with Gasteiger partial charge in [0.2, 0.25) is 5.91 Å². The third kappa shape index (κ3) is 4.21. The van der Waals surface area contributed by atoms with E-state index in [9.17, 15) is 9.59 Å². The predicted molar refractivity (Wildman–Crippen MR) is 84.5 cm³/mol. The Morgan fingerprint density at radius 3 is 2.68 bits per heavy atom. The smallest absolute Gasteiger partial charge is 0.323 e. The van der Waals surface area contributed by atoms with Gasteiger partial charge in [-0.1, -0.05) is 23.7 Å². The van der Waals surface area contributed by atoms with Crippen LogP contribution in [0.1, 0.15) is 18.4 Å². The molecule has 0 aromatic heterocycles. The number of amides is 1. The molecule has 0 saturated carbocycles. The molecule has 5 nitrogen and oxygen atoms in total. The third-order valence-electron chi connectivity index (χ3n) is 3.93. The van der Waals surface area contributed by atoms with Crippen LogP contribution in [-0.4, -0.2) is 55.0 Å². The molecular weight excluding hydrogens is 304 g/mol. The number of benzene rings is 1. The maximum absolute atomic E-state index is 12.3. The Morgan fingerprint density at radius 1 is 1.36 bits per heavy atom. The predicted octanol–water partition coefficient (Wildman–Crippen LogP) is 1.94.